The van der Waals surface area contributed by atoms with Gasteiger partial charge in [0.25, 0.3) is 0 Å². The van der Waals surface area contributed by atoms with Crippen molar-refractivity contribution >= 4 is 5.97 Å². The van der Waals surface area contributed by atoms with Gasteiger partial charge in [0.2, 0.25) is 0 Å². The summed E-state index contributed by atoms with van der Waals surface area (Å²) in [5.41, 5.74) is 1.26. The van der Waals surface area contributed by atoms with E-state index in [2.05, 4.69) is 0 Å². The zero-order valence-corrected chi connectivity index (χ0v) is 11.9. The van der Waals surface area contributed by atoms with Gasteiger partial charge in [0.15, 0.2) is 0 Å². The van der Waals surface area contributed by atoms with Gasteiger partial charge in [-0.1, -0.05) is 43.3 Å². The molecule has 0 amide bonds. The second kappa shape index (κ2) is 6.22. The van der Waals surface area contributed by atoms with Crippen molar-refractivity contribution in [2.24, 2.45) is 0 Å². The Hall–Kier alpha value is -2.30. The molecule has 0 aliphatic heterocycles. The lowest BCUT2D eigenvalue weighted by Crippen LogP contribution is -2.10. The molecule has 0 aliphatic carbocycles. The van der Waals surface area contributed by atoms with Crippen molar-refractivity contribution in [3.8, 4) is 11.1 Å². The summed E-state index contributed by atoms with van der Waals surface area (Å²) in [4.78, 5) is 11.2. The SMILES string of the molecule is CCC(C(=O)O)c1cccc(-c2ccc(C(F)(F)F)cc2)c1. The van der Waals surface area contributed by atoms with E-state index in [1.165, 1.54) is 12.1 Å². The van der Waals surface area contributed by atoms with Crippen LogP contribution in [0.25, 0.3) is 11.1 Å². The first-order valence-electron chi connectivity index (χ1n) is 6.83. The number of benzene rings is 2. The van der Waals surface area contributed by atoms with Crippen LogP contribution >= 0.6 is 0 Å². The van der Waals surface area contributed by atoms with E-state index in [0.29, 0.717) is 23.1 Å². The highest BCUT2D eigenvalue weighted by Crippen LogP contribution is 2.32. The molecule has 0 aliphatic rings. The van der Waals surface area contributed by atoms with Gasteiger partial charge in [0.1, 0.15) is 0 Å². The van der Waals surface area contributed by atoms with Crippen molar-refractivity contribution in [2.45, 2.75) is 25.4 Å². The number of hydrogen-bond acceptors (Lipinski definition) is 1. The summed E-state index contributed by atoms with van der Waals surface area (Å²) in [5, 5.41) is 9.19. The van der Waals surface area contributed by atoms with E-state index in [0.717, 1.165) is 12.1 Å². The van der Waals surface area contributed by atoms with Gasteiger partial charge in [-0.2, -0.15) is 13.2 Å². The summed E-state index contributed by atoms with van der Waals surface area (Å²) < 4.78 is 37.7. The maximum atomic E-state index is 12.6. The van der Waals surface area contributed by atoms with Crippen LogP contribution in [-0.2, 0) is 11.0 Å². The molecule has 0 heterocycles. The van der Waals surface area contributed by atoms with Crippen LogP contribution in [0.1, 0.15) is 30.4 Å². The Morgan fingerprint density at radius 1 is 1.09 bits per heavy atom. The molecule has 2 aromatic rings. The summed E-state index contributed by atoms with van der Waals surface area (Å²) in [6.45, 7) is 1.78. The van der Waals surface area contributed by atoms with Gasteiger partial charge >= 0.3 is 12.1 Å². The number of aliphatic carboxylic acids is 1. The molecular weight excluding hydrogens is 293 g/mol. The average molecular weight is 308 g/mol. The van der Waals surface area contributed by atoms with Crippen LogP contribution < -0.4 is 0 Å². The third kappa shape index (κ3) is 3.47. The smallest absolute Gasteiger partial charge is 0.416 e. The number of halogens is 3. The molecule has 0 saturated heterocycles. The maximum Gasteiger partial charge on any atom is 0.416 e. The van der Waals surface area contributed by atoms with Crippen molar-refractivity contribution in [3.05, 3.63) is 59.7 Å². The Morgan fingerprint density at radius 3 is 2.23 bits per heavy atom. The molecule has 5 heteroatoms. The third-order valence-corrected chi connectivity index (χ3v) is 3.54. The van der Waals surface area contributed by atoms with E-state index in [-0.39, 0.29) is 0 Å². The minimum absolute atomic E-state index is 0.450. The van der Waals surface area contributed by atoms with Crippen LogP contribution in [0.4, 0.5) is 13.2 Å². The number of alkyl halides is 3. The topological polar surface area (TPSA) is 37.3 Å². The van der Waals surface area contributed by atoms with Crippen molar-refractivity contribution in [1.29, 1.82) is 0 Å². The molecule has 0 bridgehead atoms. The Bertz CT molecular complexity index is 660. The van der Waals surface area contributed by atoms with Crippen LogP contribution in [0.2, 0.25) is 0 Å². The molecule has 2 nitrogen and oxygen atoms in total. The molecule has 0 fully saturated rings. The Labute approximate surface area is 126 Å². The summed E-state index contributed by atoms with van der Waals surface area (Å²) in [6, 6.07) is 11.7. The molecule has 116 valence electrons. The Kier molecular flexibility index (Phi) is 4.54. The lowest BCUT2D eigenvalue weighted by atomic mass is 9.93. The van der Waals surface area contributed by atoms with Crippen LogP contribution in [0.15, 0.2) is 48.5 Å². The van der Waals surface area contributed by atoms with Gasteiger partial charge in [-0.3, -0.25) is 4.79 Å². The predicted molar refractivity (Wildman–Crippen MR) is 77.5 cm³/mol. The molecule has 0 radical (unpaired) electrons. The molecule has 22 heavy (non-hydrogen) atoms. The monoisotopic (exact) mass is 308 g/mol. The minimum Gasteiger partial charge on any atom is -0.481 e. The second-order valence-electron chi connectivity index (χ2n) is 5.00. The van der Waals surface area contributed by atoms with Gasteiger partial charge in [0, 0.05) is 0 Å². The fraction of sp³-hybridized carbons (Fsp3) is 0.235. The van der Waals surface area contributed by atoms with Crippen molar-refractivity contribution < 1.29 is 23.1 Å². The molecular formula is C17H15F3O2. The zero-order chi connectivity index (χ0) is 16.3. The van der Waals surface area contributed by atoms with E-state index in [1.54, 1.807) is 31.2 Å². The predicted octanol–water partition coefficient (Wildman–Crippen LogP) is 4.95. The summed E-state index contributed by atoms with van der Waals surface area (Å²) in [6.07, 6.45) is -3.91. The molecule has 1 N–H and O–H groups in total. The van der Waals surface area contributed by atoms with Crippen molar-refractivity contribution in [3.63, 3.8) is 0 Å². The fourth-order valence-electron chi connectivity index (χ4n) is 2.34. The first-order chi connectivity index (χ1) is 10.3. The second-order valence-corrected chi connectivity index (χ2v) is 5.00. The van der Waals surface area contributed by atoms with Gasteiger partial charge in [0.05, 0.1) is 11.5 Å². The lowest BCUT2D eigenvalue weighted by molar-refractivity contribution is -0.139. The highest BCUT2D eigenvalue weighted by Gasteiger charge is 2.30. The molecule has 2 rings (SSSR count). The highest BCUT2D eigenvalue weighted by molar-refractivity contribution is 5.77. The van der Waals surface area contributed by atoms with Crippen LogP contribution in [-0.4, -0.2) is 11.1 Å². The minimum atomic E-state index is -4.36. The van der Waals surface area contributed by atoms with Crippen LogP contribution in [0.5, 0.6) is 0 Å². The summed E-state index contributed by atoms with van der Waals surface area (Å²) >= 11 is 0. The summed E-state index contributed by atoms with van der Waals surface area (Å²) in [5.74, 6) is -1.53. The Morgan fingerprint density at radius 2 is 1.73 bits per heavy atom. The molecule has 0 spiro atoms. The van der Waals surface area contributed by atoms with E-state index < -0.39 is 23.6 Å². The number of rotatable bonds is 4. The third-order valence-electron chi connectivity index (χ3n) is 3.54. The first kappa shape index (κ1) is 16.1. The summed E-state index contributed by atoms with van der Waals surface area (Å²) in [7, 11) is 0. The van der Waals surface area contributed by atoms with E-state index in [9.17, 15) is 23.1 Å². The number of hydrogen-bond donors (Lipinski definition) is 1. The van der Waals surface area contributed by atoms with E-state index >= 15 is 0 Å². The van der Waals surface area contributed by atoms with Crippen LogP contribution in [0.3, 0.4) is 0 Å². The standard InChI is InChI=1S/C17H15F3O2/c1-2-15(16(21)22)13-5-3-4-12(10-13)11-6-8-14(9-7-11)17(18,19)20/h3-10,15H,2H2,1H3,(H,21,22). The zero-order valence-electron chi connectivity index (χ0n) is 11.9. The van der Waals surface area contributed by atoms with Gasteiger partial charge in [-0.15, -0.1) is 0 Å². The first-order valence-corrected chi connectivity index (χ1v) is 6.83. The largest absolute Gasteiger partial charge is 0.481 e. The lowest BCUT2D eigenvalue weighted by Gasteiger charge is -2.12. The number of carboxylic acid groups (broad SMARTS) is 1. The highest BCUT2D eigenvalue weighted by atomic mass is 19.4. The van der Waals surface area contributed by atoms with E-state index in [4.69, 9.17) is 0 Å². The molecule has 1 unspecified atom stereocenters. The number of carboxylic acids is 1. The maximum absolute atomic E-state index is 12.6. The van der Waals surface area contributed by atoms with Gasteiger partial charge in [-0.05, 0) is 35.2 Å². The Balaban J connectivity index is 2.35. The molecule has 2 aromatic carbocycles. The van der Waals surface area contributed by atoms with Crippen LogP contribution in [0, 0.1) is 0 Å². The van der Waals surface area contributed by atoms with E-state index in [1.807, 2.05) is 0 Å². The quantitative estimate of drug-likeness (QED) is 0.867. The van der Waals surface area contributed by atoms with Gasteiger partial charge < -0.3 is 5.11 Å². The molecule has 1 atom stereocenters. The average Bonchev–Trinajstić information content (AvgIpc) is 2.47. The molecule has 0 saturated carbocycles. The van der Waals surface area contributed by atoms with Crippen molar-refractivity contribution in [1.82, 2.24) is 0 Å². The van der Waals surface area contributed by atoms with Crippen molar-refractivity contribution in [2.75, 3.05) is 0 Å². The van der Waals surface area contributed by atoms with Gasteiger partial charge in [-0.25, -0.2) is 0 Å². The number of carbonyl (C=O) groups is 1. The normalized spacial score (nSPS) is 12.9. The molecule has 0 aromatic heterocycles. The fourth-order valence-corrected chi connectivity index (χ4v) is 2.34.